The molecule has 0 unspecified atom stereocenters. The van der Waals surface area contributed by atoms with E-state index in [2.05, 4.69) is 21.7 Å². The van der Waals surface area contributed by atoms with Gasteiger partial charge in [0.15, 0.2) is 0 Å². The van der Waals surface area contributed by atoms with Gasteiger partial charge in [-0.2, -0.15) is 5.26 Å². The minimum atomic E-state index is -0.276. The Kier molecular flexibility index (Phi) is 6.74. The van der Waals surface area contributed by atoms with Gasteiger partial charge in [-0.25, -0.2) is 9.97 Å². The molecule has 0 bridgehead atoms. The molecule has 2 fully saturated rings. The predicted octanol–water partition coefficient (Wildman–Crippen LogP) is 6.43. The largest absolute Gasteiger partial charge is 0.368 e. The van der Waals surface area contributed by atoms with Crippen molar-refractivity contribution in [3.05, 3.63) is 35.5 Å². The smallest absolute Gasteiger partial charge is 0.126 e. The first-order chi connectivity index (χ1) is 14.7. The molecule has 4 rings (SSSR count). The number of hydrogen-bond acceptors (Lipinski definition) is 5. The molecule has 6 heteroatoms. The molecule has 0 saturated heterocycles. The second-order valence-electron chi connectivity index (χ2n) is 8.74. The Morgan fingerprint density at radius 1 is 1.07 bits per heavy atom. The lowest BCUT2D eigenvalue weighted by Crippen LogP contribution is -2.30. The monoisotopic (exact) mass is 423 g/mol. The first kappa shape index (κ1) is 20.9. The van der Waals surface area contributed by atoms with Crippen LogP contribution in [-0.4, -0.2) is 22.6 Å². The van der Waals surface area contributed by atoms with Gasteiger partial charge in [0.2, 0.25) is 0 Å². The Labute approximate surface area is 184 Å². The number of pyridine rings is 2. The maximum atomic E-state index is 9.71. The number of nitrogens with zero attached hydrogens (tertiary/aromatic N) is 3. The van der Waals surface area contributed by atoms with Gasteiger partial charge in [0, 0.05) is 24.3 Å². The van der Waals surface area contributed by atoms with Crippen LogP contribution >= 0.6 is 11.6 Å². The molecule has 0 atom stereocenters. The van der Waals surface area contributed by atoms with E-state index >= 15 is 0 Å². The number of hydrogen-bond donors (Lipinski definition) is 2. The summed E-state index contributed by atoms with van der Waals surface area (Å²) in [7, 11) is 0. The fourth-order valence-corrected chi connectivity index (χ4v) is 4.87. The number of nitrogens with one attached hydrogen (secondary N) is 2. The molecule has 5 nitrogen and oxygen atoms in total. The summed E-state index contributed by atoms with van der Waals surface area (Å²) in [5.41, 5.74) is 1.41. The van der Waals surface area contributed by atoms with Gasteiger partial charge < -0.3 is 10.6 Å². The second kappa shape index (κ2) is 9.66. The summed E-state index contributed by atoms with van der Waals surface area (Å²) in [6.45, 7) is 0.637. The van der Waals surface area contributed by atoms with Gasteiger partial charge in [-0.1, -0.05) is 56.2 Å². The van der Waals surface area contributed by atoms with Crippen molar-refractivity contribution in [2.75, 3.05) is 17.2 Å². The van der Waals surface area contributed by atoms with Crippen LogP contribution in [0.3, 0.4) is 0 Å². The van der Waals surface area contributed by atoms with Gasteiger partial charge in [-0.3, -0.25) is 0 Å². The predicted molar refractivity (Wildman–Crippen MR) is 123 cm³/mol. The fraction of sp³-hybridized carbons (Fsp3) is 0.542. The van der Waals surface area contributed by atoms with Crippen LogP contribution in [-0.2, 0) is 0 Å². The summed E-state index contributed by atoms with van der Waals surface area (Å²) in [6.07, 6.45) is 13.4. The van der Waals surface area contributed by atoms with Crippen LogP contribution in [0.15, 0.2) is 30.5 Å². The zero-order valence-electron chi connectivity index (χ0n) is 17.5. The molecule has 2 aromatic rings. The molecule has 2 aliphatic rings. The zero-order valence-corrected chi connectivity index (χ0v) is 18.2. The van der Waals surface area contributed by atoms with Gasteiger partial charge in [0.1, 0.15) is 11.6 Å². The lowest BCUT2D eigenvalue weighted by atomic mass is 9.75. The zero-order chi connectivity index (χ0) is 20.8. The molecule has 2 aliphatic carbocycles. The number of rotatable bonds is 6. The second-order valence-corrected chi connectivity index (χ2v) is 9.15. The van der Waals surface area contributed by atoms with E-state index in [-0.39, 0.29) is 5.41 Å². The summed E-state index contributed by atoms with van der Waals surface area (Å²) < 4.78 is 0. The number of nitriles is 1. The van der Waals surface area contributed by atoms with E-state index < -0.39 is 0 Å². The van der Waals surface area contributed by atoms with Crippen LogP contribution < -0.4 is 10.6 Å². The minimum absolute atomic E-state index is 0.276. The summed E-state index contributed by atoms with van der Waals surface area (Å²) in [4.78, 5) is 9.26. The van der Waals surface area contributed by atoms with Crippen molar-refractivity contribution >= 4 is 23.2 Å². The number of halogens is 1. The molecule has 30 heavy (non-hydrogen) atoms. The molecule has 2 N–H and O–H groups in total. The minimum Gasteiger partial charge on any atom is -0.368 e. The van der Waals surface area contributed by atoms with E-state index in [0.717, 1.165) is 48.6 Å². The van der Waals surface area contributed by atoms with Crippen LogP contribution in [0.5, 0.6) is 0 Å². The summed E-state index contributed by atoms with van der Waals surface area (Å²) in [5, 5.41) is 17.3. The highest BCUT2D eigenvalue weighted by molar-refractivity contribution is 6.33. The third kappa shape index (κ3) is 5.05. The Bertz CT molecular complexity index is 895. The standard InChI is InChI=1S/C24H30ClN5/c25-20-15-27-23(29-18-8-3-1-4-9-18)14-19(20)21-10-7-11-22(30-21)28-17-24(16-26)12-5-2-6-13-24/h7,10-11,14-15,18H,1-6,8-9,12-13,17H2,(H,27,29)(H,28,30). The fourth-order valence-electron chi connectivity index (χ4n) is 4.67. The number of anilines is 2. The molecule has 158 valence electrons. The highest BCUT2D eigenvalue weighted by Gasteiger charge is 2.31. The van der Waals surface area contributed by atoms with E-state index in [1.165, 1.54) is 38.5 Å². The highest BCUT2D eigenvalue weighted by Crippen LogP contribution is 2.36. The summed E-state index contributed by atoms with van der Waals surface area (Å²) >= 11 is 6.48. The van der Waals surface area contributed by atoms with Gasteiger partial charge >= 0.3 is 0 Å². The van der Waals surface area contributed by atoms with E-state index in [1.54, 1.807) is 6.20 Å². The van der Waals surface area contributed by atoms with E-state index in [4.69, 9.17) is 16.6 Å². The first-order valence-electron chi connectivity index (χ1n) is 11.2. The topological polar surface area (TPSA) is 73.6 Å². The van der Waals surface area contributed by atoms with Crippen LogP contribution in [0.1, 0.15) is 64.2 Å². The molecule has 2 aromatic heterocycles. The summed E-state index contributed by atoms with van der Waals surface area (Å²) in [5.74, 6) is 1.63. The molecule has 0 aliphatic heterocycles. The molecular formula is C24H30ClN5. The average Bonchev–Trinajstić information content (AvgIpc) is 2.80. The van der Waals surface area contributed by atoms with Crippen molar-refractivity contribution < 1.29 is 0 Å². The van der Waals surface area contributed by atoms with Gasteiger partial charge in [0.05, 0.1) is 22.2 Å². The molecule has 2 heterocycles. The quantitative estimate of drug-likeness (QED) is 0.560. The molecule has 0 aromatic carbocycles. The van der Waals surface area contributed by atoms with E-state index in [0.29, 0.717) is 17.6 Å². The summed E-state index contributed by atoms with van der Waals surface area (Å²) in [6, 6.07) is 11.0. The van der Waals surface area contributed by atoms with Crippen molar-refractivity contribution in [2.24, 2.45) is 5.41 Å². The van der Waals surface area contributed by atoms with Crippen LogP contribution in [0, 0.1) is 16.7 Å². The average molecular weight is 424 g/mol. The normalized spacial score (nSPS) is 19.1. The lowest BCUT2D eigenvalue weighted by Gasteiger charge is -2.30. The molecule has 0 spiro atoms. The van der Waals surface area contributed by atoms with E-state index in [1.807, 2.05) is 24.3 Å². The Balaban J connectivity index is 1.49. The van der Waals surface area contributed by atoms with Crippen LogP contribution in [0.4, 0.5) is 11.6 Å². The van der Waals surface area contributed by atoms with Crippen LogP contribution in [0.2, 0.25) is 5.02 Å². The van der Waals surface area contributed by atoms with E-state index in [9.17, 15) is 5.26 Å². The first-order valence-corrected chi connectivity index (χ1v) is 11.6. The Morgan fingerprint density at radius 2 is 1.83 bits per heavy atom. The third-order valence-corrected chi connectivity index (χ3v) is 6.79. The maximum absolute atomic E-state index is 9.71. The van der Waals surface area contributed by atoms with Crippen molar-refractivity contribution in [1.82, 2.24) is 9.97 Å². The Hall–Kier alpha value is -2.32. The van der Waals surface area contributed by atoms with Crippen molar-refractivity contribution in [3.63, 3.8) is 0 Å². The molecule has 0 radical (unpaired) electrons. The number of aromatic nitrogens is 2. The molecule has 0 amide bonds. The van der Waals surface area contributed by atoms with Crippen LogP contribution in [0.25, 0.3) is 11.3 Å². The molecule has 2 saturated carbocycles. The molecular weight excluding hydrogens is 394 g/mol. The lowest BCUT2D eigenvalue weighted by molar-refractivity contribution is 0.284. The van der Waals surface area contributed by atoms with Gasteiger partial charge in [-0.15, -0.1) is 0 Å². The highest BCUT2D eigenvalue weighted by atomic mass is 35.5. The SMILES string of the molecule is N#CC1(CNc2cccc(-c3cc(NC4CCCCC4)ncc3Cl)n2)CCCCC1. The van der Waals surface area contributed by atoms with Gasteiger partial charge in [0.25, 0.3) is 0 Å². The Morgan fingerprint density at radius 3 is 2.60 bits per heavy atom. The van der Waals surface area contributed by atoms with Gasteiger partial charge in [-0.05, 0) is 43.9 Å². The van der Waals surface area contributed by atoms with Crippen molar-refractivity contribution in [3.8, 4) is 17.3 Å². The maximum Gasteiger partial charge on any atom is 0.126 e. The van der Waals surface area contributed by atoms with Crippen molar-refractivity contribution in [2.45, 2.75) is 70.3 Å². The third-order valence-electron chi connectivity index (χ3n) is 6.49. The van der Waals surface area contributed by atoms with Crippen molar-refractivity contribution in [1.29, 1.82) is 5.26 Å².